The van der Waals surface area contributed by atoms with Crippen molar-refractivity contribution >= 4 is 11.8 Å². The molecule has 96 valence electrons. The molecule has 0 unspecified atom stereocenters. The van der Waals surface area contributed by atoms with Crippen molar-refractivity contribution in [3.63, 3.8) is 0 Å². The zero-order valence-electron chi connectivity index (χ0n) is 10.2. The Morgan fingerprint density at radius 1 is 1.44 bits per heavy atom. The van der Waals surface area contributed by atoms with Crippen molar-refractivity contribution < 1.29 is 14.4 Å². The van der Waals surface area contributed by atoms with Crippen LogP contribution in [0.5, 0.6) is 0 Å². The van der Waals surface area contributed by atoms with Gasteiger partial charge >= 0.3 is 0 Å². The van der Waals surface area contributed by atoms with E-state index in [0.29, 0.717) is 11.5 Å². The lowest BCUT2D eigenvalue weighted by Crippen LogP contribution is -2.22. The van der Waals surface area contributed by atoms with E-state index in [-0.39, 0.29) is 12.5 Å². The van der Waals surface area contributed by atoms with Crippen molar-refractivity contribution in [1.29, 1.82) is 0 Å². The van der Waals surface area contributed by atoms with E-state index in [1.54, 1.807) is 6.07 Å². The summed E-state index contributed by atoms with van der Waals surface area (Å²) in [5.74, 6) is -0.265. The Balaban J connectivity index is 2.22. The van der Waals surface area contributed by atoms with Crippen molar-refractivity contribution in [2.75, 3.05) is 0 Å². The van der Waals surface area contributed by atoms with Gasteiger partial charge in [-0.25, -0.2) is 5.48 Å². The zero-order valence-corrected chi connectivity index (χ0v) is 10.2. The van der Waals surface area contributed by atoms with E-state index in [4.69, 9.17) is 10.6 Å². The number of rotatable bonds is 5. The SMILES string of the molecule is CC(=O)NOCc1c(C(N)=O)cccc1C1CC1. The van der Waals surface area contributed by atoms with Gasteiger partial charge in [-0.3, -0.25) is 14.4 Å². The van der Waals surface area contributed by atoms with Gasteiger partial charge in [0.05, 0.1) is 0 Å². The lowest BCUT2D eigenvalue weighted by atomic mass is 9.98. The first-order chi connectivity index (χ1) is 8.59. The molecule has 3 N–H and O–H groups in total. The second-order valence-electron chi connectivity index (χ2n) is 4.46. The summed E-state index contributed by atoms with van der Waals surface area (Å²) in [6, 6.07) is 5.49. The van der Waals surface area contributed by atoms with E-state index in [9.17, 15) is 9.59 Å². The van der Waals surface area contributed by atoms with Crippen LogP contribution in [0, 0.1) is 0 Å². The lowest BCUT2D eigenvalue weighted by molar-refractivity contribution is -0.132. The minimum Gasteiger partial charge on any atom is -0.366 e. The maximum atomic E-state index is 11.4. The molecule has 0 bridgehead atoms. The summed E-state index contributed by atoms with van der Waals surface area (Å²) in [5, 5.41) is 0. The summed E-state index contributed by atoms with van der Waals surface area (Å²) in [5.41, 5.74) is 9.95. The Kier molecular flexibility index (Phi) is 3.62. The quantitative estimate of drug-likeness (QED) is 0.769. The zero-order chi connectivity index (χ0) is 13.1. The van der Waals surface area contributed by atoms with Crippen LogP contribution in [0.2, 0.25) is 0 Å². The summed E-state index contributed by atoms with van der Waals surface area (Å²) in [7, 11) is 0. The van der Waals surface area contributed by atoms with Crippen LogP contribution in [0.3, 0.4) is 0 Å². The molecular weight excluding hydrogens is 232 g/mol. The monoisotopic (exact) mass is 248 g/mol. The highest BCUT2D eigenvalue weighted by Crippen LogP contribution is 2.42. The van der Waals surface area contributed by atoms with Gasteiger partial charge in [0.1, 0.15) is 6.61 Å². The molecule has 2 amide bonds. The molecule has 1 fully saturated rings. The van der Waals surface area contributed by atoms with Gasteiger partial charge < -0.3 is 5.73 Å². The van der Waals surface area contributed by atoms with Crippen LogP contribution in [0.15, 0.2) is 18.2 Å². The molecule has 1 saturated carbocycles. The number of hydrogen-bond acceptors (Lipinski definition) is 3. The highest BCUT2D eigenvalue weighted by atomic mass is 16.6. The molecule has 18 heavy (non-hydrogen) atoms. The molecule has 1 aromatic carbocycles. The highest BCUT2D eigenvalue weighted by molar-refractivity contribution is 5.94. The van der Waals surface area contributed by atoms with Gasteiger partial charge in [-0.05, 0) is 36.0 Å². The molecule has 0 radical (unpaired) electrons. The van der Waals surface area contributed by atoms with E-state index in [1.165, 1.54) is 6.92 Å². The van der Waals surface area contributed by atoms with Gasteiger partial charge in [0.2, 0.25) is 11.8 Å². The van der Waals surface area contributed by atoms with Crippen molar-refractivity contribution in [3.05, 3.63) is 34.9 Å². The molecule has 1 aliphatic rings. The third-order valence-corrected chi connectivity index (χ3v) is 2.93. The summed E-state index contributed by atoms with van der Waals surface area (Å²) in [4.78, 5) is 27.2. The molecule has 2 rings (SSSR count). The first-order valence-electron chi connectivity index (χ1n) is 5.89. The standard InChI is InChI=1S/C13H16N2O3/c1-8(16)15-18-7-12-10(9-5-6-9)3-2-4-11(12)13(14)17/h2-4,9H,5-7H2,1H3,(H2,14,17)(H,15,16). The number of nitrogens with two attached hydrogens (primary N) is 1. The van der Waals surface area contributed by atoms with Gasteiger partial charge in [-0.1, -0.05) is 12.1 Å². The van der Waals surface area contributed by atoms with Gasteiger partial charge in [0.25, 0.3) is 0 Å². The van der Waals surface area contributed by atoms with Gasteiger partial charge in [-0.2, -0.15) is 0 Å². The third kappa shape index (κ3) is 2.87. The minimum atomic E-state index is -0.473. The normalized spacial score (nSPS) is 14.3. The van der Waals surface area contributed by atoms with E-state index < -0.39 is 5.91 Å². The van der Waals surface area contributed by atoms with Crippen LogP contribution >= 0.6 is 0 Å². The van der Waals surface area contributed by atoms with Crippen LogP contribution in [-0.2, 0) is 16.2 Å². The number of hydroxylamine groups is 1. The second-order valence-corrected chi connectivity index (χ2v) is 4.46. The summed E-state index contributed by atoms with van der Waals surface area (Å²) >= 11 is 0. The molecule has 0 heterocycles. The number of nitrogens with one attached hydrogen (secondary N) is 1. The fourth-order valence-electron chi connectivity index (χ4n) is 1.98. The summed E-state index contributed by atoms with van der Waals surface area (Å²) < 4.78 is 0. The Morgan fingerprint density at radius 3 is 2.72 bits per heavy atom. The van der Waals surface area contributed by atoms with Crippen LogP contribution in [0.1, 0.15) is 47.2 Å². The molecule has 1 aromatic rings. The first-order valence-corrected chi connectivity index (χ1v) is 5.89. The number of amides is 2. The topological polar surface area (TPSA) is 81.4 Å². The largest absolute Gasteiger partial charge is 0.366 e. The molecule has 0 aliphatic heterocycles. The average Bonchev–Trinajstić information content (AvgIpc) is 3.12. The molecule has 0 spiro atoms. The molecule has 0 saturated heterocycles. The predicted octanol–water partition coefficient (Wildman–Crippen LogP) is 1.23. The van der Waals surface area contributed by atoms with Crippen molar-refractivity contribution in [2.45, 2.75) is 32.3 Å². The highest BCUT2D eigenvalue weighted by Gasteiger charge is 2.27. The molecule has 0 aromatic heterocycles. The van der Waals surface area contributed by atoms with Crippen LogP contribution in [0.25, 0.3) is 0 Å². The second kappa shape index (κ2) is 5.18. The minimum absolute atomic E-state index is 0.157. The molecule has 5 heteroatoms. The smallest absolute Gasteiger partial charge is 0.249 e. The molecule has 5 nitrogen and oxygen atoms in total. The fourth-order valence-corrected chi connectivity index (χ4v) is 1.98. The number of carbonyl (C=O) groups excluding carboxylic acids is 2. The van der Waals surface area contributed by atoms with E-state index >= 15 is 0 Å². The van der Waals surface area contributed by atoms with Gasteiger partial charge in [-0.15, -0.1) is 0 Å². The van der Waals surface area contributed by atoms with Crippen LogP contribution in [0.4, 0.5) is 0 Å². The van der Waals surface area contributed by atoms with E-state index in [0.717, 1.165) is 24.0 Å². The predicted molar refractivity (Wildman–Crippen MR) is 65.5 cm³/mol. The van der Waals surface area contributed by atoms with Crippen molar-refractivity contribution in [1.82, 2.24) is 5.48 Å². The Hall–Kier alpha value is -1.88. The third-order valence-electron chi connectivity index (χ3n) is 2.93. The molecule has 1 aliphatic carbocycles. The fraction of sp³-hybridized carbons (Fsp3) is 0.385. The number of primary amides is 1. The van der Waals surface area contributed by atoms with Crippen LogP contribution < -0.4 is 11.2 Å². The van der Waals surface area contributed by atoms with Gasteiger partial charge in [0, 0.05) is 12.5 Å². The maximum Gasteiger partial charge on any atom is 0.249 e. The van der Waals surface area contributed by atoms with Crippen molar-refractivity contribution in [3.8, 4) is 0 Å². The lowest BCUT2D eigenvalue weighted by Gasteiger charge is -2.12. The maximum absolute atomic E-state index is 11.4. The molecule has 0 atom stereocenters. The van der Waals surface area contributed by atoms with Crippen molar-refractivity contribution in [2.24, 2.45) is 5.73 Å². The van der Waals surface area contributed by atoms with Gasteiger partial charge in [0.15, 0.2) is 0 Å². The summed E-state index contributed by atoms with van der Waals surface area (Å²) in [6.07, 6.45) is 2.24. The Bertz CT molecular complexity index is 481. The van der Waals surface area contributed by atoms with E-state index in [2.05, 4.69) is 5.48 Å². The Morgan fingerprint density at radius 2 is 2.17 bits per heavy atom. The Labute approximate surface area is 105 Å². The number of hydrogen-bond donors (Lipinski definition) is 2. The summed E-state index contributed by atoms with van der Waals surface area (Å²) in [6.45, 7) is 1.52. The van der Waals surface area contributed by atoms with E-state index in [1.807, 2.05) is 12.1 Å². The first kappa shape index (κ1) is 12.6. The number of benzene rings is 1. The molecular formula is C13H16N2O3. The van der Waals surface area contributed by atoms with Crippen LogP contribution in [-0.4, -0.2) is 11.8 Å². The number of carbonyl (C=O) groups is 2. The average molecular weight is 248 g/mol.